The molecule has 8 heteroatoms. The number of hydrogen-bond donors (Lipinski definition) is 2. The second kappa shape index (κ2) is 7.57. The lowest BCUT2D eigenvalue weighted by Crippen LogP contribution is -2.31. The third-order valence-corrected chi connectivity index (χ3v) is 4.77. The number of rotatable bonds is 7. The highest BCUT2D eigenvalue weighted by Crippen LogP contribution is 2.28. The van der Waals surface area contributed by atoms with E-state index >= 15 is 0 Å². The lowest BCUT2D eigenvalue weighted by molar-refractivity contribution is -0.126. The van der Waals surface area contributed by atoms with Gasteiger partial charge in [-0.3, -0.25) is 4.79 Å². The van der Waals surface area contributed by atoms with Crippen molar-refractivity contribution < 1.29 is 18.4 Å². The smallest absolute Gasteiger partial charge is 0.268 e. The highest BCUT2D eigenvalue weighted by molar-refractivity contribution is 8.20. The molecule has 0 aromatic carbocycles. The number of amides is 1. The van der Waals surface area contributed by atoms with Crippen molar-refractivity contribution in [1.29, 1.82) is 0 Å². The topological polar surface area (TPSA) is 86.7 Å². The van der Waals surface area contributed by atoms with E-state index in [0.29, 0.717) is 24.9 Å². The molecule has 1 amide bonds. The second-order valence-corrected chi connectivity index (χ2v) is 6.28. The van der Waals surface area contributed by atoms with E-state index in [-0.39, 0.29) is 15.0 Å². The molecule has 0 aliphatic rings. The van der Waals surface area contributed by atoms with E-state index in [0.717, 1.165) is 0 Å². The Morgan fingerprint density at radius 2 is 1.94 bits per heavy atom. The van der Waals surface area contributed by atoms with Crippen molar-refractivity contribution in [1.82, 2.24) is 9.79 Å². The fourth-order valence-electron chi connectivity index (χ4n) is 1.12. The molecule has 0 radical (unpaired) electrons. The van der Waals surface area contributed by atoms with Gasteiger partial charge in [0.15, 0.2) is 0 Å². The SMILES string of the molecule is C=C(S/C(=C\C)C(=O)N(CC)CC)S(=O)(=O)NO. The van der Waals surface area contributed by atoms with Crippen LogP contribution in [0, 0.1) is 0 Å². The van der Waals surface area contributed by atoms with Crippen LogP contribution in [0.15, 0.2) is 21.8 Å². The first-order valence-corrected chi connectivity index (χ1v) is 7.62. The first kappa shape index (κ1) is 17.2. The van der Waals surface area contributed by atoms with E-state index in [9.17, 15) is 13.2 Å². The average molecular weight is 294 g/mol. The molecule has 0 rings (SSSR count). The number of likely N-dealkylation sites (N-methyl/N-ethyl adjacent to an activating group) is 1. The van der Waals surface area contributed by atoms with Crippen LogP contribution in [-0.4, -0.2) is 37.5 Å². The lowest BCUT2D eigenvalue weighted by atomic mass is 10.4. The molecule has 18 heavy (non-hydrogen) atoms. The molecule has 0 saturated heterocycles. The van der Waals surface area contributed by atoms with Crippen molar-refractivity contribution >= 4 is 27.7 Å². The van der Waals surface area contributed by atoms with E-state index < -0.39 is 10.0 Å². The van der Waals surface area contributed by atoms with Gasteiger partial charge in [0.2, 0.25) is 0 Å². The van der Waals surface area contributed by atoms with Crippen molar-refractivity contribution in [2.24, 2.45) is 0 Å². The molecule has 6 nitrogen and oxygen atoms in total. The quantitative estimate of drug-likeness (QED) is 0.545. The number of allylic oxidation sites excluding steroid dienone is 1. The largest absolute Gasteiger partial charge is 0.339 e. The molecule has 0 aromatic rings. The van der Waals surface area contributed by atoms with Gasteiger partial charge >= 0.3 is 0 Å². The zero-order valence-corrected chi connectivity index (χ0v) is 12.3. The van der Waals surface area contributed by atoms with Crippen molar-refractivity contribution in [2.75, 3.05) is 13.1 Å². The first-order valence-electron chi connectivity index (χ1n) is 5.32. The van der Waals surface area contributed by atoms with Gasteiger partial charge in [-0.05, 0) is 20.8 Å². The highest BCUT2D eigenvalue weighted by atomic mass is 32.3. The normalized spacial score (nSPS) is 12.3. The van der Waals surface area contributed by atoms with Gasteiger partial charge in [0.1, 0.15) is 4.24 Å². The molecular weight excluding hydrogens is 276 g/mol. The number of carbonyl (C=O) groups excluding carboxylic acids is 1. The Kier molecular flexibility index (Phi) is 7.22. The van der Waals surface area contributed by atoms with Crippen LogP contribution in [0.5, 0.6) is 0 Å². The van der Waals surface area contributed by atoms with E-state index in [4.69, 9.17) is 5.21 Å². The molecule has 104 valence electrons. The number of nitrogens with zero attached hydrogens (tertiary/aromatic N) is 1. The van der Waals surface area contributed by atoms with Crippen molar-refractivity contribution in [3.05, 3.63) is 21.8 Å². The molecule has 0 aliphatic heterocycles. The fraction of sp³-hybridized carbons (Fsp3) is 0.500. The molecular formula is C10H18N2O4S2. The van der Waals surface area contributed by atoms with Crippen LogP contribution in [0.3, 0.4) is 0 Å². The molecule has 0 aliphatic carbocycles. The van der Waals surface area contributed by atoms with Crippen molar-refractivity contribution in [3.63, 3.8) is 0 Å². The summed E-state index contributed by atoms with van der Waals surface area (Å²) in [5, 5.41) is 8.46. The van der Waals surface area contributed by atoms with Gasteiger partial charge in [-0.1, -0.05) is 29.3 Å². The van der Waals surface area contributed by atoms with Crippen LogP contribution >= 0.6 is 11.8 Å². The Labute approximate surface area is 112 Å². The van der Waals surface area contributed by atoms with E-state index in [1.165, 1.54) is 11.0 Å². The summed E-state index contributed by atoms with van der Waals surface area (Å²) in [7, 11) is -4.01. The minimum absolute atomic E-state index is 0.252. The molecule has 2 N–H and O–H groups in total. The summed E-state index contributed by atoms with van der Waals surface area (Å²) in [5.41, 5.74) is 0. The van der Waals surface area contributed by atoms with Crippen LogP contribution < -0.4 is 4.89 Å². The van der Waals surface area contributed by atoms with Crippen LogP contribution in [0.1, 0.15) is 20.8 Å². The van der Waals surface area contributed by atoms with Crippen LogP contribution in [0.2, 0.25) is 0 Å². The summed E-state index contributed by atoms with van der Waals surface area (Å²) in [6.07, 6.45) is 1.52. The van der Waals surface area contributed by atoms with Crippen LogP contribution in [0.25, 0.3) is 0 Å². The van der Waals surface area contributed by atoms with Gasteiger partial charge in [0.25, 0.3) is 15.9 Å². The van der Waals surface area contributed by atoms with Crippen LogP contribution in [0.4, 0.5) is 0 Å². The molecule has 0 bridgehead atoms. The predicted octanol–water partition coefficient (Wildman–Crippen LogP) is 1.27. The van der Waals surface area contributed by atoms with Gasteiger partial charge in [0.05, 0.1) is 4.91 Å². The second-order valence-electron chi connectivity index (χ2n) is 3.20. The minimum Gasteiger partial charge on any atom is -0.339 e. The minimum atomic E-state index is -4.01. The maximum Gasteiger partial charge on any atom is 0.268 e. The fourth-order valence-corrected chi connectivity index (χ4v) is 2.62. The third kappa shape index (κ3) is 4.45. The molecule has 0 unspecified atom stereocenters. The van der Waals surface area contributed by atoms with Crippen LogP contribution in [-0.2, 0) is 14.8 Å². The number of nitrogens with one attached hydrogen (secondary N) is 1. The number of thioether (sulfide) groups is 1. The van der Waals surface area contributed by atoms with Crippen molar-refractivity contribution in [3.8, 4) is 0 Å². The Hall–Kier alpha value is -0.830. The molecule has 0 aromatic heterocycles. The van der Waals surface area contributed by atoms with Gasteiger partial charge in [0, 0.05) is 13.1 Å². The summed E-state index contributed by atoms with van der Waals surface area (Å²) < 4.78 is 22.2. The van der Waals surface area contributed by atoms with Crippen molar-refractivity contribution in [2.45, 2.75) is 20.8 Å². The standard InChI is InChI=1S/C10H18N2O4S2/c1-5-9(10(13)12(6-2)7-3)17-8(4)18(15,16)11-14/h5,11,14H,4,6-7H2,1-3H3/b9-5-. The predicted molar refractivity (Wildman–Crippen MR) is 72.3 cm³/mol. The Balaban J connectivity index is 4.96. The van der Waals surface area contributed by atoms with Gasteiger partial charge < -0.3 is 10.1 Å². The number of carbonyl (C=O) groups is 1. The first-order chi connectivity index (χ1) is 8.33. The average Bonchev–Trinajstić information content (AvgIpc) is 2.36. The summed E-state index contributed by atoms with van der Waals surface area (Å²) in [6.45, 7) is 9.69. The molecule has 0 saturated carbocycles. The summed E-state index contributed by atoms with van der Waals surface area (Å²) in [4.78, 5) is 15.0. The van der Waals surface area contributed by atoms with E-state index in [1.807, 2.05) is 13.8 Å². The summed E-state index contributed by atoms with van der Waals surface area (Å²) >= 11 is 0.708. The maximum atomic E-state index is 12.0. The van der Waals surface area contributed by atoms with E-state index in [2.05, 4.69) is 6.58 Å². The highest BCUT2D eigenvalue weighted by Gasteiger charge is 2.22. The molecule has 0 atom stereocenters. The summed E-state index contributed by atoms with van der Waals surface area (Å²) in [5.74, 6) is -0.262. The molecule has 0 heterocycles. The Morgan fingerprint density at radius 3 is 2.28 bits per heavy atom. The third-order valence-electron chi connectivity index (χ3n) is 2.17. The Morgan fingerprint density at radius 1 is 1.44 bits per heavy atom. The number of sulfonamides is 1. The maximum absolute atomic E-state index is 12.0. The van der Waals surface area contributed by atoms with E-state index in [1.54, 1.807) is 11.8 Å². The number of hydrogen-bond acceptors (Lipinski definition) is 5. The van der Waals surface area contributed by atoms with Gasteiger partial charge in [-0.2, -0.15) is 0 Å². The Bertz CT molecular complexity index is 439. The van der Waals surface area contributed by atoms with Gasteiger partial charge in [-0.25, -0.2) is 8.42 Å². The molecule has 0 fully saturated rings. The zero-order chi connectivity index (χ0) is 14.3. The lowest BCUT2D eigenvalue weighted by Gasteiger charge is -2.20. The summed E-state index contributed by atoms with van der Waals surface area (Å²) in [6, 6.07) is 0. The zero-order valence-electron chi connectivity index (χ0n) is 10.6. The van der Waals surface area contributed by atoms with Gasteiger partial charge in [-0.15, -0.1) is 0 Å². The molecule has 0 spiro atoms. The monoisotopic (exact) mass is 294 g/mol.